The molecule has 0 saturated heterocycles. The van der Waals surface area contributed by atoms with Gasteiger partial charge in [-0.3, -0.25) is 4.79 Å². The van der Waals surface area contributed by atoms with Crippen LogP contribution in [0.4, 0.5) is 5.69 Å². The van der Waals surface area contributed by atoms with Gasteiger partial charge < -0.3 is 16.0 Å². The van der Waals surface area contributed by atoms with Crippen LogP contribution in [0.3, 0.4) is 0 Å². The third-order valence-electron chi connectivity index (χ3n) is 3.59. The Bertz CT molecular complexity index is 672. The fourth-order valence-corrected chi connectivity index (χ4v) is 2.39. The van der Waals surface area contributed by atoms with Gasteiger partial charge in [-0.1, -0.05) is 25.4 Å². The normalized spacial score (nSPS) is 11.1. The molecule has 0 bridgehead atoms. The first-order chi connectivity index (χ1) is 10.6. The predicted octanol–water partition coefficient (Wildman–Crippen LogP) is 1.94. The average molecular weight is 322 g/mol. The molecular weight excluding hydrogens is 302 g/mol. The lowest BCUT2D eigenvalue weighted by Crippen LogP contribution is -2.35. The molecule has 1 heterocycles. The molecule has 0 aliphatic carbocycles. The van der Waals surface area contributed by atoms with Crippen LogP contribution in [0.2, 0.25) is 5.02 Å². The highest BCUT2D eigenvalue weighted by molar-refractivity contribution is 6.31. The Labute approximate surface area is 134 Å². The quantitative estimate of drug-likeness (QED) is 0.849. The molecule has 3 N–H and O–H groups in total. The number of aromatic nitrogens is 2. The summed E-state index contributed by atoms with van der Waals surface area (Å²) in [5, 5.41) is 12.0. The monoisotopic (exact) mass is 321 g/mol. The molecule has 0 atom stereocenters. The molecule has 1 aromatic heterocycles. The van der Waals surface area contributed by atoms with E-state index in [1.54, 1.807) is 18.2 Å². The number of rotatable bonds is 6. The van der Waals surface area contributed by atoms with Crippen molar-refractivity contribution < 1.29 is 4.79 Å². The summed E-state index contributed by atoms with van der Waals surface area (Å²) in [6, 6.07) is 5.13. The molecule has 6 nitrogen and oxygen atoms in total. The van der Waals surface area contributed by atoms with Crippen LogP contribution in [0, 0.1) is 0 Å². The number of nitrogen functional groups attached to an aromatic ring is 1. The summed E-state index contributed by atoms with van der Waals surface area (Å²) in [5.74, 6) is -0.311. The third-order valence-corrected chi connectivity index (χ3v) is 3.82. The molecule has 118 valence electrons. The molecule has 0 spiro atoms. The van der Waals surface area contributed by atoms with Crippen molar-refractivity contribution in [2.45, 2.75) is 13.8 Å². The zero-order chi connectivity index (χ0) is 16.1. The molecule has 0 aliphatic rings. The highest BCUT2D eigenvalue weighted by Crippen LogP contribution is 2.23. The molecule has 0 saturated carbocycles. The number of benzene rings is 1. The van der Waals surface area contributed by atoms with Crippen molar-refractivity contribution in [1.29, 1.82) is 0 Å². The van der Waals surface area contributed by atoms with Gasteiger partial charge in [0.2, 0.25) is 0 Å². The van der Waals surface area contributed by atoms with E-state index in [-0.39, 0.29) is 11.6 Å². The zero-order valence-electron chi connectivity index (χ0n) is 12.8. The number of halogens is 1. The molecular formula is C15H20ClN5O. The average Bonchev–Trinajstić information content (AvgIpc) is 2.51. The minimum absolute atomic E-state index is 0.148. The van der Waals surface area contributed by atoms with Crippen molar-refractivity contribution in [1.82, 2.24) is 20.4 Å². The van der Waals surface area contributed by atoms with E-state index in [9.17, 15) is 4.79 Å². The summed E-state index contributed by atoms with van der Waals surface area (Å²) < 4.78 is 0. The molecule has 0 fully saturated rings. The molecule has 2 aromatic rings. The molecule has 0 aliphatic heterocycles. The standard InChI is InChI=1S/C15H20ClN5O/c1-3-21(4-2)8-7-18-15(22)14-13(17)11-6-5-10(16)9-12(11)19-20-14/h5-6,9H,3-4,7-8H2,1-2H3,(H2,17,19)(H,18,22). The number of hydrogen-bond donors (Lipinski definition) is 2. The van der Waals surface area contributed by atoms with E-state index in [0.717, 1.165) is 19.6 Å². The minimum Gasteiger partial charge on any atom is -0.396 e. The summed E-state index contributed by atoms with van der Waals surface area (Å²) in [7, 11) is 0. The van der Waals surface area contributed by atoms with E-state index in [1.807, 2.05) is 0 Å². The van der Waals surface area contributed by atoms with E-state index in [0.29, 0.717) is 28.2 Å². The maximum atomic E-state index is 12.2. The van der Waals surface area contributed by atoms with Gasteiger partial charge in [-0.25, -0.2) is 0 Å². The maximum absolute atomic E-state index is 12.2. The third kappa shape index (κ3) is 3.64. The maximum Gasteiger partial charge on any atom is 0.274 e. The molecule has 2 rings (SSSR count). The van der Waals surface area contributed by atoms with Crippen LogP contribution < -0.4 is 11.1 Å². The van der Waals surface area contributed by atoms with Gasteiger partial charge in [-0.05, 0) is 31.3 Å². The van der Waals surface area contributed by atoms with E-state index in [2.05, 4.69) is 34.3 Å². The van der Waals surface area contributed by atoms with Gasteiger partial charge in [-0.2, -0.15) is 0 Å². The van der Waals surface area contributed by atoms with Crippen LogP contribution >= 0.6 is 11.6 Å². The van der Waals surface area contributed by atoms with Gasteiger partial charge in [0.05, 0.1) is 11.2 Å². The van der Waals surface area contributed by atoms with Crippen molar-refractivity contribution in [3.05, 3.63) is 28.9 Å². The topological polar surface area (TPSA) is 84.1 Å². The Morgan fingerprint density at radius 3 is 2.73 bits per heavy atom. The van der Waals surface area contributed by atoms with E-state index < -0.39 is 0 Å². The highest BCUT2D eigenvalue weighted by Gasteiger charge is 2.15. The Morgan fingerprint density at radius 1 is 1.32 bits per heavy atom. The Kier molecular flexibility index (Phi) is 5.51. The fraction of sp³-hybridized carbons (Fsp3) is 0.400. The van der Waals surface area contributed by atoms with Gasteiger partial charge in [-0.15, -0.1) is 10.2 Å². The zero-order valence-corrected chi connectivity index (χ0v) is 13.5. The first-order valence-electron chi connectivity index (χ1n) is 7.28. The number of hydrogen-bond acceptors (Lipinski definition) is 5. The van der Waals surface area contributed by atoms with Crippen LogP contribution in [0.25, 0.3) is 10.9 Å². The number of amides is 1. The summed E-state index contributed by atoms with van der Waals surface area (Å²) in [6.45, 7) is 7.40. The number of fused-ring (bicyclic) bond motifs is 1. The molecule has 0 unspecified atom stereocenters. The van der Waals surface area contributed by atoms with Crippen LogP contribution in [0.5, 0.6) is 0 Å². The second-order valence-electron chi connectivity index (χ2n) is 4.91. The Morgan fingerprint density at radius 2 is 2.05 bits per heavy atom. The highest BCUT2D eigenvalue weighted by atomic mass is 35.5. The fourth-order valence-electron chi connectivity index (χ4n) is 2.22. The van der Waals surface area contributed by atoms with Crippen LogP contribution in [-0.2, 0) is 0 Å². The smallest absolute Gasteiger partial charge is 0.274 e. The number of anilines is 1. The summed E-state index contributed by atoms with van der Waals surface area (Å²) in [4.78, 5) is 14.4. The molecule has 0 radical (unpaired) electrons. The first kappa shape index (κ1) is 16.5. The molecule has 7 heteroatoms. The Hall–Kier alpha value is -1.92. The summed E-state index contributed by atoms with van der Waals surface area (Å²) in [6.07, 6.45) is 0. The lowest BCUT2D eigenvalue weighted by Gasteiger charge is -2.18. The second kappa shape index (κ2) is 7.38. The summed E-state index contributed by atoms with van der Waals surface area (Å²) in [5.41, 5.74) is 7.08. The number of likely N-dealkylation sites (N-methyl/N-ethyl adjacent to an activating group) is 1. The minimum atomic E-state index is -0.311. The van der Waals surface area contributed by atoms with Crippen LogP contribution in [0.1, 0.15) is 24.3 Å². The number of nitrogens with two attached hydrogens (primary N) is 1. The van der Waals surface area contributed by atoms with Crippen molar-refractivity contribution >= 4 is 34.1 Å². The van der Waals surface area contributed by atoms with Crippen molar-refractivity contribution in [2.75, 3.05) is 31.9 Å². The van der Waals surface area contributed by atoms with Gasteiger partial charge in [0.15, 0.2) is 5.69 Å². The van der Waals surface area contributed by atoms with Crippen molar-refractivity contribution in [3.8, 4) is 0 Å². The number of nitrogens with zero attached hydrogens (tertiary/aromatic N) is 3. The molecule has 1 aromatic carbocycles. The first-order valence-corrected chi connectivity index (χ1v) is 7.66. The number of nitrogens with one attached hydrogen (secondary N) is 1. The number of carbonyl (C=O) groups is 1. The molecule has 1 amide bonds. The second-order valence-corrected chi connectivity index (χ2v) is 5.34. The van der Waals surface area contributed by atoms with E-state index in [1.165, 1.54) is 0 Å². The van der Waals surface area contributed by atoms with Crippen LogP contribution in [0.15, 0.2) is 18.2 Å². The lowest BCUT2D eigenvalue weighted by molar-refractivity contribution is 0.0944. The SMILES string of the molecule is CCN(CC)CCNC(=O)c1nnc2cc(Cl)ccc2c1N. The number of carbonyl (C=O) groups excluding carboxylic acids is 1. The van der Waals surface area contributed by atoms with Crippen LogP contribution in [-0.4, -0.2) is 47.2 Å². The van der Waals surface area contributed by atoms with Gasteiger partial charge in [0.25, 0.3) is 5.91 Å². The predicted molar refractivity (Wildman–Crippen MR) is 89.1 cm³/mol. The largest absolute Gasteiger partial charge is 0.396 e. The van der Waals surface area contributed by atoms with Gasteiger partial charge in [0.1, 0.15) is 0 Å². The van der Waals surface area contributed by atoms with Gasteiger partial charge in [0, 0.05) is 23.5 Å². The lowest BCUT2D eigenvalue weighted by atomic mass is 10.1. The summed E-state index contributed by atoms with van der Waals surface area (Å²) >= 11 is 5.91. The van der Waals surface area contributed by atoms with E-state index >= 15 is 0 Å². The van der Waals surface area contributed by atoms with Crippen molar-refractivity contribution in [3.63, 3.8) is 0 Å². The van der Waals surface area contributed by atoms with E-state index in [4.69, 9.17) is 17.3 Å². The van der Waals surface area contributed by atoms with Gasteiger partial charge >= 0.3 is 0 Å². The Balaban J connectivity index is 2.11. The van der Waals surface area contributed by atoms with Crippen molar-refractivity contribution in [2.24, 2.45) is 0 Å². The molecule has 22 heavy (non-hydrogen) atoms.